The molecule has 2 saturated carbocycles. The molecule has 76 valence electrons. The zero-order chi connectivity index (χ0) is 9.47. The molecular weight excluding hydrogens is 160 g/mol. The standard InChI is InChI=1S/C11H22N2/c1-11(13,9-3-2-4-9)7-10(12)8-5-6-8/h8-10H,2-7,12-13H2,1H3. The summed E-state index contributed by atoms with van der Waals surface area (Å²) in [4.78, 5) is 0. The second kappa shape index (κ2) is 3.25. The fraction of sp³-hybridized carbons (Fsp3) is 1.00. The summed E-state index contributed by atoms with van der Waals surface area (Å²) in [6.07, 6.45) is 7.72. The Hall–Kier alpha value is -0.0800. The van der Waals surface area contributed by atoms with Crippen molar-refractivity contribution in [2.45, 2.75) is 57.0 Å². The van der Waals surface area contributed by atoms with Gasteiger partial charge in [0.15, 0.2) is 0 Å². The maximum Gasteiger partial charge on any atom is 0.0169 e. The van der Waals surface area contributed by atoms with Crippen molar-refractivity contribution >= 4 is 0 Å². The highest BCUT2D eigenvalue weighted by Crippen LogP contribution is 2.40. The molecule has 0 aromatic carbocycles. The first-order valence-electron chi connectivity index (χ1n) is 5.64. The molecule has 0 amide bonds. The summed E-state index contributed by atoms with van der Waals surface area (Å²) in [5, 5.41) is 0. The van der Waals surface area contributed by atoms with Crippen LogP contribution in [0, 0.1) is 11.8 Å². The van der Waals surface area contributed by atoms with Crippen LogP contribution in [-0.2, 0) is 0 Å². The molecule has 0 aliphatic heterocycles. The van der Waals surface area contributed by atoms with E-state index in [4.69, 9.17) is 11.5 Å². The maximum atomic E-state index is 6.31. The average molecular weight is 182 g/mol. The molecule has 2 unspecified atom stereocenters. The minimum Gasteiger partial charge on any atom is -0.327 e. The SMILES string of the molecule is CC(N)(CC(N)C1CC1)C1CCC1. The third-order valence-corrected chi connectivity index (χ3v) is 3.94. The number of rotatable bonds is 4. The van der Waals surface area contributed by atoms with E-state index in [-0.39, 0.29) is 5.54 Å². The van der Waals surface area contributed by atoms with Gasteiger partial charge in [0.1, 0.15) is 0 Å². The van der Waals surface area contributed by atoms with E-state index in [9.17, 15) is 0 Å². The Balaban J connectivity index is 1.82. The molecule has 0 bridgehead atoms. The summed E-state index contributed by atoms with van der Waals surface area (Å²) in [7, 11) is 0. The van der Waals surface area contributed by atoms with Gasteiger partial charge in [0.2, 0.25) is 0 Å². The summed E-state index contributed by atoms with van der Waals surface area (Å²) in [5.41, 5.74) is 12.4. The van der Waals surface area contributed by atoms with Crippen LogP contribution in [0.5, 0.6) is 0 Å². The molecule has 0 heterocycles. The lowest BCUT2D eigenvalue weighted by molar-refractivity contribution is 0.161. The maximum absolute atomic E-state index is 6.31. The Morgan fingerprint density at radius 1 is 1.31 bits per heavy atom. The van der Waals surface area contributed by atoms with E-state index in [1.807, 2.05) is 0 Å². The molecule has 2 nitrogen and oxygen atoms in total. The van der Waals surface area contributed by atoms with Gasteiger partial charge in [-0.3, -0.25) is 0 Å². The van der Waals surface area contributed by atoms with E-state index < -0.39 is 0 Å². The van der Waals surface area contributed by atoms with Crippen LogP contribution in [0.3, 0.4) is 0 Å². The molecule has 13 heavy (non-hydrogen) atoms. The van der Waals surface area contributed by atoms with E-state index >= 15 is 0 Å². The van der Waals surface area contributed by atoms with Crippen molar-refractivity contribution in [1.29, 1.82) is 0 Å². The van der Waals surface area contributed by atoms with Gasteiger partial charge in [-0.1, -0.05) is 6.42 Å². The van der Waals surface area contributed by atoms with E-state index in [0.29, 0.717) is 6.04 Å². The molecule has 2 aliphatic rings. The number of hydrogen-bond donors (Lipinski definition) is 2. The minimum absolute atomic E-state index is 0.0141. The molecule has 2 heteroatoms. The van der Waals surface area contributed by atoms with E-state index in [1.54, 1.807) is 0 Å². The first kappa shape index (κ1) is 9.47. The van der Waals surface area contributed by atoms with Gasteiger partial charge in [0.25, 0.3) is 0 Å². The van der Waals surface area contributed by atoms with Crippen molar-refractivity contribution in [2.24, 2.45) is 23.3 Å². The average Bonchev–Trinajstić information content (AvgIpc) is 2.57. The van der Waals surface area contributed by atoms with Crippen molar-refractivity contribution in [3.05, 3.63) is 0 Å². The van der Waals surface area contributed by atoms with Crippen LogP contribution in [0.4, 0.5) is 0 Å². The topological polar surface area (TPSA) is 52.0 Å². The van der Waals surface area contributed by atoms with Crippen molar-refractivity contribution in [3.63, 3.8) is 0 Å². The normalized spacial score (nSPS) is 30.7. The third-order valence-electron chi connectivity index (χ3n) is 3.94. The van der Waals surface area contributed by atoms with Crippen molar-refractivity contribution in [2.75, 3.05) is 0 Å². The number of nitrogens with two attached hydrogens (primary N) is 2. The van der Waals surface area contributed by atoms with Crippen molar-refractivity contribution < 1.29 is 0 Å². The monoisotopic (exact) mass is 182 g/mol. The highest BCUT2D eigenvalue weighted by Gasteiger charge is 2.39. The van der Waals surface area contributed by atoms with Gasteiger partial charge < -0.3 is 11.5 Å². The first-order chi connectivity index (χ1) is 6.09. The van der Waals surface area contributed by atoms with Gasteiger partial charge in [-0.05, 0) is 50.9 Å². The second-order valence-corrected chi connectivity index (χ2v) is 5.34. The Kier molecular flexibility index (Phi) is 2.37. The van der Waals surface area contributed by atoms with E-state index in [0.717, 1.165) is 18.3 Å². The molecule has 4 N–H and O–H groups in total. The van der Waals surface area contributed by atoms with Gasteiger partial charge in [-0.15, -0.1) is 0 Å². The Morgan fingerprint density at radius 2 is 1.92 bits per heavy atom. The lowest BCUT2D eigenvalue weighted by Crippen LogP contribution is -2.51. The van der Waals surface area contributed by atoms with Gasteiger partial charge in [0, 0.05) is 11.6 Å². The van der Waals surface area contributed by atoms with Gasteiger partial charge in [0.05, 0.1) is 0 Å². The van der Waals surface area contributed by atoms with Crippen LogP contribution in [0.25, 0.3) is 0 Å². The first-order valence-corrected chi connectivity index (χ1v) is 5.64. The molecule has 2 atom stereocenters. The third kappa shape index (κ3) is 2.05. The van der Waals surface area contributed by atoms with Gasteiger partial charge in [-0.25, -0.2) is 0 Å². The lowest BCUT2D eigenvalue weighted by atomic mass is 9.69. The molecule has 2 rings (SSSR count). The molecule has 0 radical (unpaired) electrons. The zero-order valence-corrected chi connectivity index (χ0v) is 8.63. The van der Waals surface area contributed by atoms with Gasteiger partial charge in [-0.2, -0.15) is 0 Å². The molecule has 0 spiro atoms. The molecule has 0 aromatic rings. The van der Waals surface area contributed by atoms with Crippen LogP contribution in [0.2, 0.25) is 0 Å². The van der Waals surface area contributed by atoms with E-state index in [2.05, 4.69) is 6.92 Å². The van der Waals surface area contributed by atoms with Crippen LogP contribution < -0.4 is 11.5 Å². The summed E-state index contributed by atoms with van der Waals surface area (Å²) in [6.45, 7) is 2.19. The summed E-state index contributed by atoms with van der Waals surface area (Å²) in [5.74, 6) is 1.54. The summed E-state index contributed by atoms with van der Waals surface area (Å²) < 4.78 is 0. The molecule has 0 saturated heterocycles. The van der Waals surface area contributed by atoms with Crippen LogP contribution in [0.15, 0.2) is 0 Å². The van der Waals surface area contributed by atoms with Gasteiger partial charge >= 0.3 is 0 Å². The molecule has 2 fully saturated rings. The minimum atomic E-state index is 0.0141. The fourth-order valence-electron chi connectivity index (χ4n) is 2.43. The van der Waals surface area contributed by atoms with Crippen LogP contribution in [-0.4, -0.2) is 11.6 Å². The van der Waals surface area contributed by atoms with E-state index in [1.165, 1.54) is 32.1 Å². The molecule has 2 aliphatic carbocycles. The highest BCUT2D eigenvalue weighted by atomic mass is 14.8. The van der Waals surface area contributed by atoms with Crippen LogP contribution >= 0.6 is 0 Å². The second-order valence-electron chi connectivity index (χ2n) is 5.34. The fourth-order valence-corrected chi connectivity index (χ4v) is 2.43. The van der Waals surface area contributed by atoms with Crippen LogP contribution in [0.1, 0.15) is 45.4 Å². The largest absolute Gasteiger partial charge is 0.327 e. The predicted octanol–water partition coefficient (Wildman–Crippen LogP) is 1.63. The quantitative estimate of drug-likeness (QED) is 0.694. The lowest BCUT2D eigenvalue weighted by Gasteiger charge is -2.41. The Labute approximate surface area is 81.1 Å². The highest BCUT2D eigenvalue weighted by molar-refractivity contribution is 4.97. The van der Waals surface area contributed by atoms with Crippen molar-refractivity contribution in [1.82, 2.24) is 0 Å². The number of hydrogen-bond acceptors (Lipinski definition) is 2. The summed E-state index contributed by atoms with van der Waals surface area (Å²) in [6, 6.07) is 0.371. The summed E-state index contributed by atoms with van der Waals surface area (Å²) >= 11 is 0. The predicted molar refractivity (Wildman–Crippen MR) is 55.2 cm³/mol. The Morgan fingerprint density at radius 3 is 2.31 bits per heavy atom. The Bertz CT molecular complexity index is 181. The zero-order valence-electron chi connectivity index (χ0n) is 8.63. The molecular formula is C11H22N2. The smallest absolute Gasteiger partial charge is 0.0169 e. The molecule has 0 aromatic heterocycles. The van der Waals surface area contributed by atoms with Crippen molar-refractivity contribution in [3.8, 4) is 0 Å².